The summed E-state index contributed by atoms with van der Waals surface area (Å²) in [7, 11) is -2.94. The Hall–Kier alpha value is -0.780. The Morgan fingerprint density at radius 1 is 1.31 bits per heavy atom. The lowest BCUT2D eigenvalue weighted by Crippen LogP contribution is -2.43. The first-order valence-corrected chi connectivity index (χ1v) is 7.51. The molecule has 0 aromatic carbocycles. The number of carbonyl (C=O) groups is 1. The first kappa shape index (κ1) is 11.7. The van der Waals surface area contributed by atoms with Gasteiger partial charge in [0, 0.05) is 6.04 Å². The van der Waals surface area contributed by atoms with Gasteiger partial charge in [-0.15, -0.1) is 0 Å². The van der Waals surface area contributed by atoms with E-state index in [9.17, 15) is 13.2 Å². The van der Waals surface area contributed by atoms with Crippen LogP contribution in [0.1, 0.15) is 26.2 Å². The van der Waals surface area contributed by atoms with Gasteiger partial charge in [-0.05, 0) is 26.2 Å². The summed E-state index contributed by atoms with van der Waals surface area (Å²) in [6.07, 6.45) is 2.13. The number of hydrogen-bond acceptors (Lipinski definition) is 4. The molecule has 92 valence electrons. The molecule has 0 aromatic heterocycles. The predicted molar refractivity (Wildman–Crippen MR) is 58.9 cm³/mol. The SMILES string of the molecule is CCOC(=O)N(C1CC1)C1CCS(=O)(=O)C1. The summed E-state index contributed by atoms with van der Waals surface area (Å²) in [6.45, 7) is 2.09. The third-order valence-electron chi connectivity index (χ3n) is 3.02. The summed E-state index contributed by atoms with van der Waals surface area (Å²) < 4.78 is 27.8. The predicted octanol–water partition coefficient (Wildman–Crippen LogP) is 0.794. The third kappa shape index (κ3) is 2.48. The maximum atomic E-state index is 11.7. The van der Waals surface area contributed by atoms with E-state index in [0.717, 1.165) is 12.8 Å². The highest BCUT2D eigenvalue weighted by Crippen LogP contribution is 2.32. The number of amides is 1. The zero-order valence-electron chi connectivity index (χ0n) is 9.39. The van der Waals surface area contributed by atoms with Crippen molar-refractivity contribution in [3.63, 3.8) is 0 Å². The number of hydrogen-bond donors (Lipinski definition) is 0. The van der Waals surface area contributed by atoms with Crippen molar-refractivity contribution in [2.75, 3.05) is 18.1 Å². The van der Waals surface area contributed by atoms with Crippen molar-refractivity contribution in [3.05, 3.63) is 0 Å². The van der Waals surface area contributed by atoms with Crippen LogP contribution in [0.3, 0.4) is 0 Å². The molecule has 1 unspecified atom stereocenters. The molecule has 2 fully saturated rings. The summed E-state index contributed by atoms with van der Waals surface area (Å²) in [5.41, 5.74) is 0. The normalized spacial score (nSPS) is 27.7. The summed E-state index contributed by atoms with van der Waals surface area (Å²) in [5.74, 6) is 0.294. The molecule has 1 aliphatic carbocycles. The van der Waals surface area contributed by atoms with Crippen LogP contribution in [0, 0.1) is 0 Å². The molecule has 1 saturated carbocycles. The molecule has 0 bridgehead atoms. The fourth-order valence-corrected chi connectivity index (χ4v) is 3.85. The van der Waals surface area contributed by atoms with E-state index in [1.54, 1.807) is 11.8 Å². The largest absolute Gasteiger partial charge is 0.450 e. The molecule has 1 heterocycles. The smallest absolute Gasteiger partial charge is 0.410 e. The molecular formula is C10H17NO4S. The van der Waals surface area contributed by atoms with Crippen molar-refractivity contribution < 1.29 is 17.9 Å². The Morgan fingerprint density at radius 3 is 2.44 bits per heavy atom. The van der Waals surface area contributed by atoms with E-state index in [4.69, 9.17) is 4.74 Å². The quantitative estimate of drug-likeness (QED) is 0.740. The Balaban J connectivity index is 2.05. The number of ether oxygens (including phenoxy) is 1. The van der Waals surface area contributed by atoms with Crippen LogP contribution in [-0.2, 0) is 14.6 Å². The molecule has 6 heteroatoms. The molecule has 5 nitrogen and oxygen atoms in total. The van der Waals surface area contributed by atoms with Crippen molar-refractivity contribution >= 4 is 15.9 Å². The Kier molecular flexibility index (Phi) is 3.10. The van der Waals surface area contributed by atoms with Crippen molar-refractivity contribution in [2.45, 2.75) is 38.3 Å². The van der Waals surface area contributed by atoms with E-state index in [2.05, 4.69) is 0 Å². The van der Waals surface area contributed by atoms with E-state index in [0.29, 0.717) is 13.0 Å². The Bertz CT molecular complexity index is 374. The molecule has 1 amide bonds. The summed E-state index contributed by atoms with van der Waals surface area (Å²) in [6, 6.07) is 0.0360. The van der Waals surface area contributed by atoms with E-state index < -0.39 is 9.84 Å². The molecule has 2 aliphatic rings. The van der Waals surface area contributed by atoms with Crippen LogP contribution < -0.4 is 0 Å². The van der Waals surface area contributed by atoms with Gasteiger partial charge in [-0.3, -0.25) is 0 Å². The van der Waals surface area contributed by atoms with Crippen LogP contribution in [-0.4, -0.2) is 49.6 Å². The third-order valence-corrected chi connectivity index (χ3v) is 4.77. The lowest BCUT2D eigenvalue weighted by molar-refractivity contribution is 0.0908. The van der Waals surface area contributed by atoms with E-state index in [1.165, 1.54) is 0 Å². The van der Waals surface area contributed by atoms with Gasteiger partial charge in [0.25, 0.3) is 0 Å². The van der Waals surface area contributed by atoms with Crippen molar-refractivity contribution in [3.8, 4) is 0 Å². The van der Waals surface area contributed by atoms with Crippen LogP contribution in [0.25, 0.3) is 0 Å². The number of rotatable bonds is 3. The van der Waals surface area contributed by atoms with Gasteiger partial charge in [0.2, 0.25) is 0 Å². The fourth-order valence-electron chi connectivity index (χ4n) is 2.14. The summed E-state index contributed by atoms with van der Waals surface area (Å²) >= 11 is 0. The van der Waals surface area contributed by atoms with Gasteiger partial charge in [0.1, 0.15) is 0 Å². The standard InChI is InChI=1S/C10H17NO4S/c1-2-15-10(12)11(8-3-4-8)9-5-6-16(13,14)7-9/h8-9H,2-7H2,1H3. The second-order valence-electron chi connectivity index (χ2n) is 4.39. The van der Waals surface area contributed by atoms with Gasteiger partial charge < -0.3 is 9.64 Å². The highest BCUT2D eigenvalue weighted by Gasteiger charge is 2.42. The highest BCUT2D eigenvalue weighted by atomic mass is 32.2. The molecule has 1 atom stereocenters. The molecular weight excluding hydrogens is 230 g/mol. The second-order valence-corrected chi connectivity index (χ2v) is 6.62. The average molecular weight is 247 g/mol. The van der Waals surface area contributed by atoms with Gasteiger partial charge in [-0.1, -0.05) is 0 Å². The van der Waals surface area contributed by atoms with Gasteiger partial charge in [-0.2, -0.15) is 0 Å². The minimum absolute atomic E-state index is 0.0995. The van der Waals surface area contributed by atoms with Gasteiger partial charge in [0.15, 0.2) is 9.84 Å². The Labute approximate surface area is 95.7 Å². The minimum atomic E-state index is -2.94. The van der Waals surface area contributed by atoms with Crippen LogP contribution in [0.4, 0.5) is 4.79 Å². The molecule has 0 aromatic rings. The highest BCUT2D eigenvalue weighted by molar-refractivity contribution is 7.91. The Morgan fingerprint density at radius 2 is 2.00 bits per heavy atom. The number of nitrogens with zero attached hydrogens (tertiary/aromatic N) is 1. The van der Waals surface area contributed by atoms with Crippen LogP contribution >= 0.6 is 0 Å². The van der Waals surface area contributed by atoms with E-state index in [-0.39, 0.29) is 29.7 Å². The van der Waals surface area contributed by atoms with Crippen molar-refractivity contribution in [1.29, 1.82) is 0 Å². The summed E-state index contributed by atoms with van der Waals surface area (Å²) in [5, 5.41) is 0. The minimum Gasteiger partial charge on any atom is -0.450 e. The van der Waals surface area contributed by atoms with E-state index >= 15 is 0 Å². The molecule has 0 N–H and O–H groups in total. The second kappa shape index (κ2) is 4.24. The maximum absolute atomic E-state index is 11.7. The first-order valence-electron chi connectivity index (χ1n) is 5.69. The van der Waals surface area contributed by atoms with E-state index in [1.807, 2.05) is 0 Å². The fraction of sp³-hybridized carbons (Fsp3) is 0.900. The molecule has 16 heavy (non-hydrogen) atoms. The zero-order chi connectivity index (χ0) is 11.8. The molecule has 0 spiro atoms. The average Bonchev–Trinajstić information content (AvgIpc) is 2.93. The van der Waals surface area contributed by atoms with Crippen LogP contribution in [0.5, 0.6) is 0 Å². The number of carbonyl (C=O) groups excluding carboxylic acids is 1. The van der Waals surface area contributed by atoms with Gasteiger partial charge in [0.05, 0.1) is 24.2 Å². The van der Waals surface area contributed by atoms with Crippen molar-refractivity contribution in [1.82, 2.24) is 4.90 Å². The van der Waals surface area contributed by atoms with Gasteiger partial charge >= 0.3 is 6.09 Å². The van der Waals surface area contributed by atoms with Crippen LogP contribution in [0.2, 0.25) is 0 Å². The molecule has 1 saturated heterocycles. The maximum Gasteiger partial charge on any atom is 0.410 e. The lowest BCUT2D eigenvalue weighted by atomic mass is 10.2. The molecule has 0 radical (unpaired) electrons. The molecule has 1 aliphatic heterocycles. The number of sulfone groups is 1. The summed E-state index contributed by atoms with van der Waals surface area (Å²) in [4.78, 5) is 13.4. The van der Waals surface area contributed by atoms with Crippen molar-refractivity contribution in [2.24, 2.45) is 0 Å². The van der Waals surface area contributed by atoms with Crippen LogP contribution in [0.15, 0.2) is 0 Å². The lowest BCUT2D eigenvalue weighted by Gasteiger charge is -2.27. The monoisotopic (exact) mass is 247 g/mol. The first-order chi connectivity index (χ1) is 7.53. The topological polar surface area (TPSA) is 63.7 Å². The van der Waals surface area contributed by atoms with Gasteiger partial charge in [-0.25, -0.2) is 13.2 Å². The zero-order valence-corrected chi connectivity index (χ0v) is 10.2. The molecule has 2 rings (SSSR count).